The van der Waals surface area contributed by atoms with Gasteiger partial charge in [-0.2, -0.15) is 9.97 Å². The highest BCUT2D eigenvalue weighted by atomic mass is 35.5. The number of anilines is 1. The number of carboxylic acids is 2. The van der Waals surface area contributed by atoms with Gasteiger partial charge in [0.05, 0.1) is 23.0 Å². The standard InChI is InChI=1S/C21H19Cl3FN5O7/c1-20(30-7-27-12-15(26)28-19(24)29-16(12)30)14(25)13(31)11(37-20)6-36-21(17(32)33,18(34)35)5-8-2-3-9(22)10(23)4-8/h2-4,7,11,13-14,31H,5-6H2,1H3,(H,32,33)(H,34,35)(H2,26,28,29)/t11-,13-,14+,20-/m1/s1. The van der Waals surface area contributed by atoms with Gasteiger partial charge in [-0.25, -0.2) is 19.0 Å². The van der Waals surface area contributed by atoms with Crippen molar-refractivity contribution in [1.29, 1.82) is 0 Å². The molecule has 1 aromatic carbocycles. The lowest BCUT2D eigenvalue weighted by molar-refractivity contribution is -0.193. The molecule has 3 aromatic rings. The molecule has 12 nitrogen and oxygen atoms in total. The molecule has 0 unspecified atom stereocenters. The van der Waals surface area contributed by atoms with Crippen LogP contribution in [0.2, 0.25) is 15.3 Å². The lowest BCUT2D eigenvalue weighted by atomic mass is 9.94. The number of aromatic nitrogens is 4. The summed E-state index contributed by atoms with van der Waals surface area (Å²) in [6, 6.07) is 4.05. The van der Waals surface area contributed by atoms with E-state index in [1.54, 1.807) is 0 Å². The van der Waals surface area contributed by atoms with E-state index in [9.17, 15) is 24.9 Å². The molecule has 2 aromatic heterocycles. The molecule has 16 heteroatoms. The molecule has 1 aliphatic heterocycles. The molecule has 3 heterocycles. The summed E-state index contributed by atoms with van der Waals surface area (Å²) in [6.45, 7) is 0.479. The molecule has 1 fully saturated rings. The average molecular weight is 579 g/mol. The van der Waals surface area contributed by atoms with Crippen LogP contribution in [0.4, 0.5) is 10.2 Å². The molecule has 1 aliphatic rings. The summed E-state index contributed by atoms with van der Waals surface area (Å²) in [4.78, 5) is 36.0. The summed E-state index contributed by atoms with van der Waals surface area (Å²) < 4.78 is 27.7. The predicted octanol–water partition coefficient (Wildman–Crippen LogP) is 2.31. The van der Waals surface area contributed by atoms with E-state index in [-0.39, 0.29) is 37.9 Å². The highest BCUT2D eigenvalue weighted by Gasteiger charge is 2.56. The summed E-state index contributed by atoms with van der Waals surface area (Å²) in [7, 11) is 0. The minimum Gasteiger partial charge on any atom is -0.479 e. The van der Waals surface area contributed by atoms with E-state index in [2.05, 4.69) is 15.0 Å². The molecule has 4 rings (SSSR count). The van der Waals surface area contributed by atoms with E-state index in [1.165, 1.54) is 25.1 Å². The summed E-state index contributed by atoms with van der Waals surface area (Å²) in [5.74, 6) is -3.73. The Balaban J connectivity index is 1.62. The fourth-order valence-electron chi connectivity index (χ4n) is 4.07. The lowest BCUT2D eigenvalue weighted by Gasteiger charge is -2.29. The Morgan fingerprint density at radius 3 is 2.54 bits per heavy atom. The third-order valence-corrected chi connectivity index (χ3v) is 6.99. The molecule has 5 N–H and O–H groups in total. The maximum atomic E-state index is 15.4. The first-order valence-electron chi connectivity index (χ1n) is 10.5. The van der Waals surface area contributed by atoms with Crippen molar-refractivity contribution < 1.29 is 38.8 Å². The number of aliphatic carboxylic acids is 2. The number of aliphatic hydroxyl groups excluding tert-OH is 1. The van der Waals surface area contributed by atoms with Crippen molar-refractivity contribution in [1.82, 2.24) is 19.5 Å². The number of alkyl halides is 1. The Bertz CT molecular complexity index is 1380. The molecule has 0 radical (unpaired) electrons. The minimum absolute atomic E-state index is 0.0152. The van der Waals surface area contributed by atoms with E-state index in [1.807, 2.05) is 0 Å². The quantitative estimate of drug-likeness (QED) is 0.227. The van der Waals surface area contributed by atoms with Crippen LogP contribution in [0, 0.1) is 0 Å². The number of hydrogen-bond donors (Lipinski definition) is 4. The summed E-state index contributed by atoms with van der Waals surface area (Å²) in [6.07, 6.45) is -4.93. The van der Waals surface area contributed by atoms with E-state index in [4.69, 9.17) is 50.0 Å². The molecular formula is C21H19Cl3FN5O7. The normalized spacial score (nSPS) is 24.0. The number of benzene rings is 1. The van der Waals surface area contributed by atoms with Gasteiger partial charge >= 0.3 is 11.9 Å². The molecule has 1 saturated heterocycles. The highest BCUT2D eigenvalue weighted by Crippen LogP contribution is 2.40. The summed E-state index contributed by atoms with van der Waals surface area (Å²) in [5.41, 5.74) is 1.36. The van der Waals surface area contributed by atoms with Crippen molar-refractivity contribution in [2.75, 3.05) is 12.3 Å². The Labute approximate surface area is 222 Å². The number of fused-ring (bicyclic) bond motifs is 1. The minimum atomic E-state index is -2.82. The third-order valence-electron chi connectivity index (χ3n) is 6.08. The molecule has 0 spiro atoms. The maximum absolute atomic E-state index is 15.4. The fourth-order valence-corrected chi connectivity index (χ4v) is 4.56. The van der Waals surface area contributed by atoms with Gasteiger partial charge in [0.25, 0.3) is 5.60 Å². The van der Waals surface area contributed by atoms with E-state index in [0.717, 1.165) is 10.9 Å². The van der Waals surface area contributed by atoms with Crippen LogP contribution in [0.5, 0.6) is 0 Å². The molecular weight excluding hydrogens is 560 g/mol. The first kappa shape index (κ1) is 27.2. The first-order valence-corrected chi connectivity index (χ1v) is 11.6. The van der Waals surface area contributed by atoms with Gasteiger partial charge in [0, 0.05) is 6.42 Å². The Hall–Kier alpha value is -2.81. The first-order chi connectivity index (χ1) is 17.3. The number of halogens is 4. The van der Waals surface area contributed by atoms with Crippen molar-refractivity contribution in [3.8, 4) is 0 Å². The van der Waals surface area contributed by atoms with Crippen LogP contribution < -0.4 is 5.73 Å². The summed E-state index contributed by atoms with van der Waals surface area (Å²) >= 11 is 17.7. The highest BCUT2D eigenvalue weighted by molar-refractivity contribution is 6.42. The number of nitrogens with zero attached hydrogens (tertiary/aromatic N) is 4. The van der Waals surface area contributed by atoms with Crippen molar-refractivity contribution in [2.45, 2.75) is 43.1 Å². The van der Waals surface area contributed by atoms with Gasteiger partial charge in [-0.1, -0.05) is 29.3 Å². The van der Waals surface area contributed by atoms with Crippen LogP contribution in [0.25, 0.3) is 11.2 Å². The monoisotopic (exact) mass is 577 g/mol. The molecule has 198 valence electrons. The van der Waals surface area contributed by atoms with Crippen LogP contribution in [-0.2, 0) is 31.2 Å². The number of nitrogens with two attached hydrogens (primary N) is 1. The number of carboxylic acid groups (broad SMARTS) is 2. The average Bonchev–Trinajstić information content (AvgIpc) is 3.34. The smallest absolute Gasteiger partial charge is 0.348 e. The van der Waals surface area contributed by atoms with Crippen LogP contribution in [0.15, 0.2) is 24.5 Å². The SMILES string of the molecule is C[C@@]1(n2cnc3c(N)nc(Cl)nc32)O[C@H](COC(Cc2ccc(Cl)c(Cl)c2)(C(=O)O)C(=O)O)[C@@H](O)[C@@H]1F. The Morgan fingerprint density at radius 1 is 1.24 bits per heavy atom. The summed E-state index contributed by atoms with van der Waals surface area (Å²) in [5, 5.41) is 30.2. The Kier molecular flexibility index (Phi) is 7.22. The largest absolute Gasteiger partial charge is 0.479 e. The second-order valence-corrected chi connectivity index (χ2v) is 9.59. The van der Waals surface area contributed by atoms with Gasteiger partial charge in [-0.3, -0.25) is 4.57 Å². The predicted molar refractivity (Wildman–Crippen MR) is 128 cm³/mol. The number of aliphatic hydroxyl groups is 1. The lowest BCUT2D eigenvalue weighted by Crippen LogP contribution is -2.52. The van der Waals surface area contributed by atoms with Gasteiger partial charge in [0.1, 0.15) is 17.7 Å². The number of rotatable bonds is 8. The van der Waals surface area contributed by atoms with Crippen LogP contribution in [-0.4, -0.2) is 77.4 Å². The number of hydrogen-bond acceptors (Lipinski definition) is 9. The number of imidazole rings is 1. The molecule has 0 amide bonds. The molecule has 0 saturated carbocycles. The van der Waals surface area contributed by atoms with Crippen LogP contribution >= 0.6 is 34.8 Å². The van der Waals surface area contributed by atoms with E-state index in [0.29, 0.717) is 0 Å². The van der Waals surface area contributed by atoms with Gasteiger partial charge < -0.3 is 30.5 Å². The molecule has 0 bridgehead atoms. The van der Waals surface area contributed by atoms with Crippen molar-refractivity contribution in [3.05, 3.63) is 45.4 Å². The van der Waals surface area contributed by atoms with Crippen LogP contribution in [0.3, 0.4) is 0 Å². The second kappa shape index (κ2) is 9.82. The van der Waals surface area contributed by atoms with Crippen molar-refractivity contribution >= 4 is 63.7 Å². The van der Waals surface area contributed by atoms with Crippen molar-refractivity contribution in [2.24, 2.45) is 0 Å². The number of carbonyl (C=O) groups is 2. The molecule has 37 heavy (non-hydrogen) atoms. The molecule has 0 aliphatic carbocycles. The number of ether oxygens (including phenoxy) is 2. The van der Waals surface area contributed by atoms with Gasteiger partial charge in [0.15, 0.2) is 23.4 Å². The zero-order valence-electron chi connectivity index (χ0n) is 18.8. The van der Waals surface area contributed by atoms with Gasteiger partial charge in [-0.05, 0) is 36.2 Å². The van der Waals surface area contributed by atoms with Gasteiger partial charge in [-0.15, -0.1) is 0 Å². The van der Waals surface area contributed by atoms with Gasteiger partial charge in [0.2, 0.25) is 5.28 Å². The number of nitrogen functional groups attached to an aromatic ring is 1. The zero-order chi connectivity index (χ0) is 27.3. The topological polar surface area (TPSA) is 183 Å². The maximum Gasteiger partial charge on any atom is 0.348 e. The Morgan fingerprint density at radius 2 is 1.92 bits per heavy atom. The van der Waals surface area contributed by atoms with E-state index < -0.39 is 54.7 Å². The fraction of sp³-hybridized carbons (Fsp3) is 0.381. The molecule has 4 atom stereocenters. The third kappa shape index (κ3) is 4.67. The van der Waals surface area contributed by atoms with Crippen molar-refractivity contribution in [3.63, 3.8) is 0 Å². The second-order valence-electron chi connectivity index (χ2n) is 8.44. The van der Waals surface area contributed by atoms with E-state index >= 15 is 4.39 Å². The van der Waals surface area contributed by atoms with Crippen LogP contribution in [0.1, 0.15) is 12.5 Å². The zero-order valence-corrected chi connectivity index (χ0v) is 21.1.